The van der Waals surface area contributed by atoms with E-state index >= 15 is 0 Å². The second kappa shape index (κ2) is 4.30. The normalized spacial score (nSPS) is 41.2. The second-order valence-corrected chi connectivity index (χ2v) is 6.34. The predicted octanol–water partition coefficient (Wildman–Crippen LogP) is 2.39. The Morgan fingerprint density at radius 1 is 1.11 bits per heavy atom. The molecule has 0 saturated heterocycles. The van der Waals surface area contributed by atoms with E-state index in [0.29, 0.717) is 0 Å². The van der Waals surface area contributed by atoms with Gasteiger partial charge in [0.15, 0.2) is 0 Å². The molecule has 18 heavy (non-hydrogen) atoms. The van der Waals surface area contributed by atoms with Crippen molar-refractivity contribution in [3.05, 3.63) is 24.3 Å². The Labute approximate surface area is 108 Å². The van der Waals surface area contributed by atoms with E-state index in [4.69, 9.17) is 0 Å². The maximum atomic E-state index is 4.34. The van der Waals surface area contributed by atoms with Crippen LogP contribution in [-0.4, -0.2) is 16.0 Å². The highest BCUT2D eigenvalue weighted by atomic mass is 15.0. The van der Waals surface area contributed by atoms with E-state index in [2.05, 4.69) is 15.3 Å². The van der Waals surface area contributed by atoms with Crippen molar-refractivity contribution in [1.29, 1.82) is 0 Å². The van der Waals surface area contributed by atoms with Crippen LogP contribution in [0.4, 0.5) is 0 Å². The van der Waals surface area contributed by atoms with Crippen LogP contribution in [0.2, 0.25) is 0 Å². The lowest BCUT2D eigenvalue weighted by atomic mass is 9.79. The number of hydrogen-bond acceptors (Lipinski definition) is 3. The third kappa shape index (κ3) is 1.68. The van der Waals surface area contributed by atoms with Gasteiger partial charge in [0.05, 0.1) is 5.69 Å². The van der Waals surface area contributed by atoms with Crippen LogP contribution in [0.1, 0.15) is 37.8 Å². The first-order chi connectivity index (χ1) is 8.92. The van der Waals surface area contributed by atoms with Crippen molar-refractivity contribution < 1.29 is 0 Å². The summed E-state index contributed by atoms with van der Waals surface area (Å²) < 4.78 is 0. The Morgan fingerprint density at radius 3 is 2.94 bits per heavy atom. The average molecular weight is 243 g/mol. The first kappa shape index (κ1) is 10.9. The molecular formula is C15H21N3. The summed E-state index contributed by atoms with van der Waals surface area (Å²) in [6, 6.07) is 0.747. The summed E-state index contributed by atoms with van der Waals surface area (Å²) in [5.74, 6) is 4.12. The van der Waals surface area contributed by atoms with Crippen molar-refractivity contribution >= 4 is 0 Å². The summed E-state index contributed by atoms with van der Waals surface area (Å²) in [5, 5.41) is 3.74. The molecule has 1 aromatic heterocycles. The SMILES string of the molecule is c1cnc(CN[C@H]2C[C@H]3C[C@@H]2[C@H]2CCC[C@@H]32)cn1. The van der Waals surface area contributed by atoms with E-state index in [1.807, 2.05) is 6.20 Å². The Kier molecular flexibility index (Phi) is 2.61. The second-order valence-electron chi connectivity index (χ2n) is 6.34. The molecular weight excluding hydrogens is 222 g/mol. The molecule has 0 aliphatic heterocycles. The van der Waals surface area contributed by atoms with E-state index in [-0.39, 0.29) is 0 Å². The molecule has 3 heteroatoms. The van der Waals surface area contributed by atoms with Gasteiger partial charge < -0.3 is 5.32 Å². The topological polar surface area (TPSA) is 37.8 Å². The summed E-state index contributed by atoms with van der Waals surface area (Å²) >= 11 is 0. The van der Waals surface area contributed by atoms with Gasteiger partial charge in [-0.25, -0.2) is 0 Å². The van der Waals surface area contributed by atoms with Crippen molar-refractivity contribution in [3.63, 3.8) is 0 Å². The van der Waals surface area contributed by atoms with Gasteiger partial charge in [-0.1, -0.05) is 6.42 Å². The van der Waals surface area contributed by atoms with Gasteiger partial charge in [0, 0.05) is 31.2 Å². The number of aromatic nitrogens is 2. The summed E-state index contributed by atoms with van der Waals surface area (Å²) in [7, 11) is 0. The van der Waals surface area contributed by atoms with Crippen molar-refractivity contribution in [2.75, 3.05) is 0 Å². The van der Waals surface area contributed by atoms with Crippen molar-refractivity contribution in [3.8, 4) is 0 Å². The maximum absolute atomic E-state index is 4.34. The van der Waals surface area contributed by atoms with E-state index in [1.165, 1.54) is 32.1 Å². The van der Waals surface area contributed by atoms with E-state index in [1.54, 1.807) is 12.4 Å². The minimum atomic E-state index is 0.747. The molecule has 0 unspecified atom stereocenters. The van der Waals surface area contributed by atoms with Gasteiger partial charge in [0.1, 0.15) is 0 Å². The first-order valence-corrected chi connectivity index (χ1v) is 7.40. The zero-order chi connectivity index (χ0) is 11.9. The molecule has 1 heterocycles. The molecule has 1 aromatic rings. The molecule has 5 atom stereocenters. The molecule has 0 amide bonds. The molecule has 2 bridgehead atoms. The standard InChI is InChI=1S/C15H21N3/c1-2-12-10-6-14(13(12)3-1)15(7-10)18-9-11-8-16-4-5-17-11/h4-5,8,10,12-15,18H,1-3,6-7,9H2/t10-,12+,13+,14-,15+/m1/s1. The monoisotopic (exact) mass is 243 g/mol. The Hall–Kier alpha value is -0.960. The first-order valence-electron chi connectivity index (χ1n) is 7.40. The fourth-order valence-electron chi connectivity index (χ4n) is 4.96. The minimum Gasteiger partial charge on any atom is -0.308 e. The molecule has 0 radical (unpaired) electrons. The summed E-state index contributed by atoms with van der Waals surface area (Å²) in [6.45, 7) is 0.888. The van der Waals surface area contributed by atoms with Gasteiger partial charge in [0.2, 0.25) is 0 Å². The summed E-state index contributed by atoms with van der Waals surface area (Å²) in [6.07, 6.45) is 12.8. The highest BCUT2D eigenvalue weighted by Gasteiger charge is 2.53. The van der Waals surface area contributed by atoms with Gasteiger partial charge in [0.25, 0.3) is 0 Å². The highest BCUT2D eigenvalue weighted by Crippen LogP contribution is 2.58. The fraction of sp³-hybridized carbons (Fsp3) is 0.733. The molecule has 3 saturated carbocycles. The third-order valence-corrected chi connectivity index (χ3v) is 5.59. The highest BCUT2D eigenvalue weighted by molar-refractivity contribution is 5.06. The van der Waals surface area contributed by atoms with Crippen LogP contribution >= 0.6 is 0 Å². The van der Waals surface area contributed by atoms with Gasteiger partial charge in [-0.15, -0.1) is 0 Å². The lowest BCUT2D eigenvalue weighted by Crippen LogP contribution is -2.39. The number of rotatable bonds is 3. The molecule has 0 spiro atoms. The van der Waals surface area contributed by atoms with Crippen LogP contribution in [-0.2, 0) is 6.54 Å². The van der Waals surface area contributed by atoms with Gasteiger partial charge in [-0.05, 0) is 49.4 Å². The van der Waals surface area contributed by atoms with Crippen molar-refractivity contribution in [2.24, 2.45) is 23.7 Å². The molecule has 1 N–H and O–H groups in total. The van der Waals surface area contributed by atoms with Gasteiger partial charge in [-0.3, -0.25) is 9.97 Å². The third-order valence-electron chi connectivity index (χ3n) is 5.59. The zero-order valence-corrected chi connectivity index (χ0v) is 10.8. The zero-order valence-electron chi connectivity index (χ0n) is 10.8. The van der Waals surface area contributed by atoms with Crippen molar-refractivity contribution in [2.45, 2.75) is 44.7 Å². The van der Waals surface area contributed by atoms with Crippen LogP contribution < -0.4 is 5.32 Å². The van der Waals surface area contributed by atoms with Crippen LogP contribution in [0.5, 0.6) is 0 Å². The number of hydrogen-bond donors (Lipinski definition) is 1. The van der Waals surface area contributed by atoms with Crippen LogP contribution in [0.15, 0.2) is 18.6 Å². The quantitative estimate of drug-likeness (QED) is 0.885. The molecule has 96 valence electrons. The Morgan fingerprint density at radius 2 is 2.06 bits per heavy atom. The van der Waals surface area contributed by atoms with Crippen LogP contribution in [0, 0.1) is 23.7 Å². The van der Waals surface area contributed by atoms with Crippen LogP contribution in [0.3, 0.4) is 0 Å². The fourth-order valence-corrected chi connectivity index (χ4v) is 4.96. The maximum Gasteiger partial charge on any atom is 0.0724 e. The van der Waals surface area contributed by atoms with Crippen LogP contribution in [0.25, 0.3) is 0 Å². The lowest BCUT2D eigenvalue weighted by molar-refractivity contribution is 0.207. The molecule has 3 aliphatic carbocycles. The van der Waals surface area contributed by atoms with E-state index < -0.39 is 0 Å². The van der Waals surface area contributed by atoms with E-state index in [0.717, 1.165) is 42.0 Å². The predicted molar refractivity (Wildman–Crippen MR) is 69.7 cm³/mol. The molecule has 3 fully saturated rings. The Balaban J connectivity index is 1.40. The molecule has 3 aliphatic rings. The largest absolute Gasteiger partial charge is 0.308 e. The molecule has 4 rings (SSSR count). The summed E-state index contributed by atoms with van der Waals surface area (Å²) in [5.41, 5.74) is 1.07. The molecule has 0 aromatic carbocycles. The smallest absolute Gasteiger partial charge is 0.0724 e. The number of nitrogens with zero attached hydrogens (tertiary/aromatic N) is 2. The lowest BCUT2D eigenvalue weighted by Gasteiger charge is -2.32. The number of fused-ring (bicyclic) bond motifs is 5. The Bertz CT molecular complexity index is 419. The minimum absolute atomic E-state index is 0.747. The van der Waals surface area contributed by atoms with Gasteiger partial charge >= 0.3 is 0 Å². The van der Waals surface area contributed by atoms with Crippen molar-refractivity contribution in [1.82, 2.24) is 15.3 Å². The van der Waals surface area contributed by atoms with E-state index in [9.17, 15) is 0 Å². The summed E-state index contributed by atoms with van der Waals surface area (Å²) in [4.78, 5) is 8.47. The average Bonchev–Trinajstić information content (AvgIpc) is 3.09. The molecule has 3 nitrogen and oxygen atoms in total. The number of nitrogens with one attached hydrogen (secondary N) is 1. The van der Waals surface area contributed by atoms with Gasteiger partial charge in [-0.2, -0.15) is 0 Å².